The minimum Gasteiger partial charge on any atom is -0.486 e. The van der Waals surface area contributed by atoms with Gasteiger partial charge >= 0.3 is 5.69 Å². The molecular formula is C13H20N2O5S. The number of primary sulfonamides is 1. The third-order valence-electron chi connectivity index (χ3n) is 2.95. The molecule has 0 radical (unpaired) electrons. The van der Waals surface area contributed by atoms with Gasteiger partial charge in [-0.25, -0.2) is 13.6 Å². The molecule has 0 aliphatic carbocycles. The number of sulfonamides is 1. The van der Waals surface area contributed by atoms with Crippen LogP contribution in [0.1, 0.15) is 25.3 Å². The van der Waals surface area contributed by atoms with Gasteiger partial charge in [0, 0.05) is 12.0 Å². The number of benzene rings is 1. The minimum absolute atomic E-state index is 0.0779. The maximum Gasteiger partial charge on any atom is 0.310 e. The predicted octanol–water partition coefficient (Wildman–Crippen LogP) is 1.99. The van der Waals surface area contributed by atoms with Crippen LogP contribution in [-0.4, -0.2) is 25.7 Å². The number of rotatable bonds is 8. The Bertz CT molecular complexity index is 601. The van der Waals surface area contributed by atoms with Crippen molar-refractivity contribution in [1.82, 2.24) is 0 Å². The van der Waals surface area contributed by atoms with Gasteiger partial charge in [0.1, 0.15) is 0 Å². The summed E-state index contributed by atoms with van der Waals surface area (Å²) in [5.41, 5.74) is 0.695. The highest BCUT2D eigenvalue weighted by atomic mass is 32.2. The van der Waals surface area contributed by atoms with Crippen molar-refractivity contribution < 1.29 is 18.1 Å². The third kappa shape index (κ3) is 6.09. The molecule has 1 unspecified atom stereocenters. The van der Waals surface area contributed by atoms with Crippen LogP contribution in [-0.2, 0) is 10.0 Å². The molecule has 0 fully saturated rings. The number of hydrogen-bond donors (Lipinski definition) is 1. The number of nitro benzene ring substituents is 1. The summed E-state index contributed by atoms with van der Waals surface area (Å²) in [5.74, 6) is -0.332. The Balaban J connectivity index is 2.84. The van der Waals surface area contributed by atoms with Gasteiger partial charge in [-0.15, -0.1) is 0 Å². The van der Waals surface area contributed by atoms with E-state index in [-0.39, 0.29) is 29.7 Å². The lowest BCUT2D eigenvalue weighted by atomic mass is 10.1. The second kappa shape index (κ2) is 7.37. The van der Waals surface area contributed by atoms with Gasteiger partial charge in [0.15, 0.2) is 5.75 Å². The zero-order chi connectivity index (χ0) is 16.0. The summed E-state index contributed by atoms with van der Waals surface area (Å²) in [4.78, 5) is 10.4. The SMILES string of the molecule is CCCC(COc1cc(C)ccc1[N+](=O)[O-])CS(N)(=O)=O. The highest BCUT2D eigenvalue weighted by Gasteiger charge is 2.19. The number of nitrogens with zero attached hydrogens (tertiary/aromatic N) is 1. The van der Waals surface area contributed by atoms with Crippen LogP contribution in [0.5, 0.6) is 5.75 Å². The van der Waals surface area contributed by atoms with Gasteiger partial charge in [-0.2, -0.15) is 0 Å². The molecule has 1 rings (SSSR count). The highest BCUT2D eigenvalue weighted by molar-refractivity contribution is 7.89. The number of ether oxygens (including phenoxy) is 1. The van der Waals surface area contributed by atoms with E-state index in [1.807, 2.05) is 6.92 Å². The van der Waals surface area contributed by atoms with Crippen molar-refractivity contribution in [3.8, 4) is 5.75 Å². The first-order valence-electron chi connectivity index (χ1n) is 6.61. The number of hydrogen-bond acceptors (Lipinski definition) is 5. The van der Waals surface area contributed by atoms with E-state index in [9.17, 15) is 18.5 Å². The van der Waals surface area contributed by atoms with Gasteiger partial charge in [-0.05, 0) is 25.0 Å². The fourth-order valence-corrected chi connectivity index (χ4v) is 2.97. The summed E-state index contributed by atoms with van der Waals surface area (Å²) in [6, 6.07) is 4.57. The van der Waals surface area contributed by atoms with Crippen LogP contribution < -0.4 is 9.88 Å². The van der Waals surface area contributed by atoms with E-state index in [0.717, 1.165) is 12.0 Å². The summed E-state index contributed by atoms with van der Waals surface area (Å²) in [7, 11) is -3.60. The molecule has 7 nitrogen and oxygen atoms in total. The lowest BCUT2D eigenvalue weighted by Crippen LogP contribution is -2.27. The monoisotopic (exact) mass is 316 g/mol. The van der Waals surface area contributed by atoms with Crippen LogP contribution in [0.2, 0.25) is 0 Å². The fourth-order valence-electron chi connectivity index (χ4n) is 2.05. The Hall–Kier alpha value is -1.67. The molecule has 0 aromatic heterocycles. The van der Waals surface area contributed by atoms with Crippen LogP contribution >= 0.6 is 0 Å². The van der Waals surface area contributed by atoms with Crippen molar-refractivity contribution in [2.75, 3.05) is 12.4 Å². The quantitative estimate of drug-likeness (QED) is 0.582. The Morgan fingerprint density at radius 3 is 2.62 bits per heavy atom. The van der Waals surface area contributed by atoms with Crippen molar-refractivity contribution in [3.63, 3.8) is 0 Å². The fraction of sp³-hybridized carbons (Fsp3) is 0.538. The Morgan fingerprint density at radius 2 is 2.10 bits per heavy atom. The Morgan fingerprint density at radius 1 is 1.43 bits per heavy atom. The summed E-state index contributed by atoms with van der Waals surface area (Å²) in [5, 5.41) is 16.0. The Kier molecular flexibility index (Phi) is 6.10. The van der Waals surface area contributed by atoms with Crippen molar-refractivity contribution in [3.05, 3.63) is 33.9 Å². The number of nitro groups is 1. The molecule has 0 aliphatic heterocycles. The van der Waals surface area contributed by atoms with Gasteiger partial charge in [0.05, 0.1) is 17.3 Å². The number of aryl methyl sites for hydroxylation is 1. The van der Waals surface area contributed by atoms with Crippen LogP contribution in [0.3, 0.4) is 0 Å². The van der Waals surface area contributed by atoms with Crippen molar-refractivity contribution >= 4 is 15.7 Å². The first-order chi connectivity index (χ1) is 9.73. The maximum atomic E-state index is 11.2. The first kappa shape index (κ1) is 17.4. The van der Waals surface area contributed by atoms with Gasteiger partial charge in [-0.1, -0.05) is 19.4 Å². The van der Waals surface area contributed by atoms with Crippen molar-refractivity contribution in [2.24, 2.45) is 11.1 Å². The zero-order valence-electron chi connectivity index (χ0n) is 12.1. The molecule has 0 amide bonds. The molecule has 0 heterocycles. The van der Waals surface area contributed by atoms with Crippen LogP contribution in [0.25, 0.3) is 0 Å². The Labute approximate surface area is 124 Å². The molecule has 8 heteroatoms. The topological polar surface area (TPSA) is 113 Å². The zero-order valence-corrected chi connectivity index (χ0v) is 12.9. The first-order valence-corrected chi connectivity index (χ1v) is 8.32. The molecule has 0 bridgehead atoms. The summed E-state index contributed by atoms with van der Waals surface area (Å²) < 4.78 is 27.8. The molecule has 0 spiro atoms. The summed E-state index contributed by atoms with van der Waals surface area (Å²) in [6.07, 6.45) is 1.40. The normalized spacial score (nSPS) is 12.9. The lowest BCUT2D eigenvalue weighted by molar-refractivity contribution is -0.385. The summed E-state index contributed by atoms with van der Waals surface area (Å²) >= 11 is 0. The highest BCUT2D eigenvalue weighted by Crippen LogP contribution is 2.28. The van der Waals surface area contributed by atoms with Crippen LogP contribution in [0.4, 0.5) is 5.69 Å². The lowest BCUT2D eigenvalue weighted by Gasteiger charge is -2.16. The molecular weight excluding hydrogens is 296 g/mol. The summed E-state index contributed by atoms with van der Waals surface area (Å²) in [6.45, 7) is 3.80. The van der Waals surface area contributed by atoms with Crippen LogP contribution in [0, 0.1) is 23.0 Å². The molecule has 1 aromatic carbocycles. The van der Waals surface area contributed by atoms with E-state index < -0.39 is 14.9 Å². The molecule has 21 heavy (non-hydrogen) atoms. The molecule has 118 valence electrons. The second-order valence-electron chi connectivity index (χ2n) is 5.02. The molecule has 0 aliphatic rings. The van der Waals surface area contributed by atoms with Gasteiger partial charge < -0.3 is 4.74 Å². The van der Waals surface area contributed by atoms with E-state index >= 15 is 0 Å². The molecule has 0 saturated heterocycles. The van der Waals surface area contributed by atoms with Gasteiger partial charge in [0.25, 0.3) is 0 Å². The van der Waals surface area contributed by atoms with Crippen molar-refractivity contribution in [1.29, 1.82) is 0 Å². The second-order valence-corrected chi connectivity index (χ2v) is 6.68. The van der Waals surface area contributed by atoms with E-state index in [0.29, 0.717) is 6.42 Å². The van der Waals surface area contributed by atoms with E-state index in [4.69, 9.17) is 9.88 Å². The number of nitrogens with two attached hydrogens (primary N) is 1. The molecule has 1 aromatic rings. The smallest absolute Gasteiger partial charge is 0.310 e. The molecule has 1 atom stereocenters. The van der Waals surface area contributed by atoms with Crippen molar-refractivity contribution in [2.45, 2.75) is 26.7 Å². The van der Waals surface area contributed by atoms with Crippen LogP contribution in [0.15, 0.2) is 18.2 Å². The third-order valence-corrected chi connectivity index (χ3v) is 3.89. The predicted molar refractivity (Wildman–Crippen MR) is 79.7 cm³/mol. The molecule has 0 saturated carbocycles. The standard InChI is InChI=1S/C13H20N2O5S/c1-3-4-11(9-21(14,18)19)8-20-13-7-10(2)5-6-12(13)15(16)17/h5-7,11H,3-4,8-9H2,1-2H3,(H2,14,18,19). The average molecular weight is 316 g/mol. The minimum atomic E-state index is -3.60. The van der Waals surface area contributed by atoms with E-state index in [2.05, 4.69) is 0 Å². The van der Waals surface area contributed by atoms with E-state index in [1.54, 1.807) is 19.1 Å². The van der Waals surface area contributed by atoms with Gasteiger partial charge in [-0.3, -0.25) is 10.1 Å². The molecule has 2 N–H and O–H groups in total. The van der Waals surface area contributed by atoms with Gasteiger partial charge in [0.2, 0.25) is 10.0 Å². The van der Waals surface area contributed by atoms with E-state index in [1.165, 1.54) is 6.07 Å². The largest absolute Gasteiger partial charge is 0.486 e. The maximum absolute atomic E-state index is 11.2. The average Bonchev–Trinajstić information content (AvgIpc) is 2.34.